The van der Waals surface area contributed by atoms with E-state index in [1.807, 2.05) is 65.1 Å². The Morgan fingerprint density at radius 1 is 1.08 bits per heavy atom. The van der Waals surface area contributed by atoms with E-state index in [0.717, 1.165) is 16.8 Å². The summed E-state index contributed by atoms with van der Waals surface area (Å²) >= 11 is 2.03. The number of nitrogens with zero attached hydrogens (tertiary/aromatic N) is 4. The van der Waals surface area contributed by atoms with Crippen LogP contribution in [0.1, 0.15) is 11.4 Å². The second kappa shape index (κ2) is 7.85. The van der Waals surface area contributed by atoms with Gasteiger partial charge < -0.3 is 0 Å². The number of aryl methyl sites for hydroxylation is 2. The molecule has 0 aliphatic rings. The molecule has 6 nitrogen and oxygen atoms in total. The molecule has 0 N–H and O–H groups in total. The lowest BCUT2D eigenvalue weighted by molar-refractivity contribution is 0.508. The van der Waals surface area contributed by atoms with Gasteiger partial charge in [-0.1, -0.05) is 30.3 Å². The summed E-state index contributed by atoms with van der Waals surface area (Å²) in [5, 5.41) is 0. The Labute approximate surface area is 167 Å². The van der Waals surface area contributed by atoms with E-state index >= 15 is 0 Å². The summed E-state index contributed by atoms with van der Waals surface area (Å²) in [5.74, 6) is 0.539. The number of aromatic nitrogens is 3. The predicted molar refractivity (Wildman–Crippen MR) is 110 cm³/mol. The highest BCUT2D eigenvalue weighted by atomic mass is 127. The minimum Gasteiger partial charge on any atom is -0.256 e. The van der Waals surface area contributed by atoms with Gasteiger partial charge in [-0.2, -0.15) is 12.7 Å². The van der Waals surface area contributed by atoms with Crippen LogP contribution in [0, 0.1) is 3.70 Å². The molecule has 0 aliphatic heterocycles. The normalized spacial score (nSPS) is 11.8. The number of imidazole rings is 1. The van der Waals surface area contributed by atoms with Crippen molar-refractivity contribution in [3.8, 4) is 11.3 Å². The van der Waals surface area contributed by atoms with E-state index in [-0.39, 0.29) is 0 Å². The van der Waals surface area contributed by atoms with Crippen molar-refractivity contribution in [2.24, 2.45) is 0 Å². The molecule has 1 aromatic carbocycles. The molecule has 0 radical (unpaired) electrons. The van der Waals surface area contributed by atoms with Crippen LogP contribution in [0.4, 0.5) is 0 Å². The van der Waals surface area contributed by atoms with Crippen molar-refractivity contribution in [2.45, 2.75) is 12.8 Å². The smallest absolute Gasteiger partial charge is 0.256 e. The fourth-order valence-electron chi connectivity index (χ4n) is 2.55. The number of pyridine rings is 1. The first kappa shape index (κ1) is 19.0. The quantitative estimate of drug-likeness (QED) is 0.507. The van der Waals surface area contributed by atoms with Crippen molar-refractivity contribution in [1.29, 1.82) is 0 Å². The van der Waals surface area contributed by atoms with Crippen molar-refractivity contribution < 1.29 is 8.42 Å². The summed E-state index contributed by atoms with van der Waals surface area (Å²) in [6.07, 6.45) is 4.57. The Morgan fingerprint density at radius 2 is 1.81 bits per heavy atom. The maximum absolute atomic E-state index is 12.4. The van der Waals surface area contributed by atoms with Crippen LogP contribution in [-0.2, 0) is 23.1 Å². The molecule has 3 rings (SSSR count). The zero-order chi connectivity index (χ0) is 18.7. The number of rotatable bonds is 6. The highest BCUT2D eigenvalue weighted by molar-refractivity contribution is 14.1. The van der Waals surface area contributed by atoms with Gasteiger partial charge >= 0.3 is 10.2 Å². The van der Waals surface area contributed by atoms with Crippen LogP contribution < -0.4 is 0 Å². The summed E-state index contributed by atoms with van der Waals surface area (Å²) in [4.78, 5) is 8.72. The topological polar surface area (TPSA) is 68.1 Å². The highest BCUT2D eigenvalue weighted by Gasteiger charge is 2.21. The third kappa shape index (κ3) is 4.13. The monoisotopic (exact) mass is 482 g/mol. The van der Waals surface area contributed by atoms with Crippen LogP contribution in [0.5, 0.6) is 0 Å². The van der Waals surface area contributed by atoms with E-state index in [4.69, 9.17) is 0 Å². The summed E-state index contributed by atoms with van der Waals surface area (Å²) in [6.45, 7) is 0. The molecule has 0 atom stereocenters. The van der Waals surface area contributed by atoms with E-state index in [0.29, 0.717) is 22.4 Å². The first-order chi connectivity index (χ1) is 12.4. The van der Waals surface area contributed by atoms with E-state index in [2.05, 4.69) is 9.97 Å². The van der Waals surface area contributed by atoms with Gasteiger partial charge in [-0.3, -0.25) is 4.98 Å². The molecular formula is C18H19IN4O2S. The van der Waals surface area contributed by atoms with Crippen molar-refractivity contribution in [3.63, 3.8) is 0 Å². The van der Waals surface area contributed by atoms with Gasteiger partial charge in [-0.15, -0.1) is 0 Å². The largest absolute Gasteiger partial charge is 0.308 e. The number of hydrogen-bond donors (Lipinski definition) is 0. The zero-order valence-electron chi connectivity index (χ0n) is 14.5. The molecule has 0 unspecified atom stereocenters. The van der Waals surface area contributed by atoms with E-state index < -0.39 is 10.2 Å². The third-order valence-electron chi connectivity index (χ3n) is 3.98. The van der Waals surface area contributed by atoms with Gasteiger partial charge in [-0.05, 0) is 46.7 Å². The van der Waals surface area contributed by atoms with Gasteiger partial charge in [0.05, 0.1) is 11.9 Å². The molecule has 0 saturated carbocycles. The van der Waals surface area contributed by atoms with Gasteiger partial charge in [0.2, 0.25) is 0 Å². The fraction of sp³-hybridized carbons (Fsp3) is 0.222. The second-order valence-corrected chi connectivity index (χ2v) is 9.10. The summed E-state index contributed by atoms with van der Waals surface area (Å²) in [6, 6.07) is 14.0. The van der Waals surface area contributed by atoms with E-state index in [9.17, 15) is 8.42 Å². The molecule has 0 spiro atoms. The number of hydrogen-bond acceptors (Lipinski definition) is 4. The van der Waals surface area contributed by atoms with Crippen molar-refractivity contribution >= 4 is 32.8 Å². The lowest BCUT2D eigenvalue weighted by Crippen LogP contribution is -2.29. The molecule has 2 aromatic heterocycles. The zero-order valence-corrected chi connectivity index (χ0v) is 17.5. The van der Waals surface area contributed by atoms with Gasteiger partial charge in [0, 0.05) is 32.3 Å². The van der Waals surface area contributed by atoms with Crippen LogP contribution in [0.3, 0.4) is 0 Å². The Morgan fingerprint density at radius 3 is 2.42 bits per heavy atom. The van der Waals surface area contributed by atoms with Crippen LogP contribution in [-0.4, -0.2) is 40.8 Å². The molecule has 0 fully saturated rings. The van der Waals surface area contributed by atoms with Crippen LogP contribution >= 0.6 is 22.6 Å². The maximum atomic E-state index is 12.4. The van der Waals surface area contributed by atoms with Crippen LogP contribution in [0.25, 0.3) is 11.3 Å². The first-order valence-corrected chi connectivity index (χ1v) is 10.5. The minimum absolute atomic E-state index is 0.539. The molecule has 0 bridgehead atoms. The van der Waals surface area contributed by atoms with E-state index in [1.54, 1.807) is 12.4 Å². The Balaban J connectivity index is 1.76. The van der Waals surface area contributed by atoms with Gasteiger partial charge in [0.1, 0.15) is 9.53 Å². The molecule has 26 heavy (non-hydrogen) atoms. The SMILES string of the molecule is CN(C)S(=O)(=O)n1cc(I)nc1CCc1ccc(-c2ccccn2)cc1. The Kier molecular flexibility index (Phi) is 5.73. The Bertz CT molecular complexity index is 984. The Hall–Kier alpha value is -1.78. The summed E-state index contributed by atoms with van der Waals surface area (Å²) < 4.78 is 27.9. The molecule has 2 heterocycles. The van der Waals surface area contributed by atoms with Crippen molar-refractivity contribution in [3.05, 3.63) is 69.9 Å². The van der Waals surface area contributed by atoms with Crippen LogP contribution in [0.15, 0.2) is 54.9 Å². The summed E-state index contributed by atoms with van der Waals surface area (Å²) in [7, 11) is -0.527. The summed E-state index contributed by atoms with van der Waals surface area (Å²) in [5.41, 5.74) is 3.11. The average molecular weight is 482 g/mol. The molecule has 136 valence electrons. The fourth-order valence-corrected chi connectivity index (χ4v) is 4.28. The predicted octanol–water partition coefficient (Wildman–Crippen LogP) is 2.99. The van der Waals surface area contributed by atoms with E-state index in [1.165, 1.54) is 22.4 Å². The molecule has 3 aromatic rings. The van der Waals surface area contributed by atoms with Crippen LogP contribution in [0.2, 0.25) is 0 Å². The third-order valence-corrected chi connectivity index (χ3v) is 6.23. The molecule has 0 saturated heterocycles. The van der Waals surface area contributed by atoms with Gasteiger partial charge in [0.15, 0.2) is 0 Å². The van der Waals surface area contributed by atoms with Crippen molar-refractivity contribution in [2.75, 3.05) is 14.1 Å². The minimum atomic E-state index is -3.56. The number of halogens is 1. The average Bonchev–Trinajstić information content (AvgIpc) is 3.02. The molecule has 8 heteroatoms. The first-order valence-electron chi connectivity index (χ1n) is 8.05. The lowest BCUT2D eigenvalue weighted by atomic mass is 10.1. The maximum Gasteiger partial charge on any atom is 0.308 e. The second-order valence-electron chi connectivity index (χ2n) is 5.98. The highest BCUT2D eigenvalue weighted by Crippen LogP contribution is 2.18. The van der Waals surface area contributed by atoms with Gasteiger partial charge in [-0.25, -0.2) is 8.96 Å². The molecule has 0 amide bonds. The standard InChI is InChI=1S/C18H19IN4O2S/c1-22(2)26(24,25)23-13-17(19)21-18(23)11-8-14-6-9-15(10-7-14)16-5-3-4-12-20-16/h3-7,9-10,12-13H,8,11H2,1-2H3. The van der Waals surface area contributed by atoms with Crippen molar-refractivity contribution in [1.82, 2.24) is 18.2 Å². The number of benzene rings is 1. The van der Waals surface area contributed by atoms with Gasteiger partial charge in [0.25, 0.3) is 0 Å². The lowest BCUT2D eigenvalue weighted by Gasteiger charge is -2.14. The molecule has 0 aliphatic carbocycles. The molecular weight excluding hydrogens is 463 g/mol.